The molecule has 0 atom stereocenters. The van der Waals surface area contributed by atoms with E-state index in [0.29, 0.717) is 12.1 Å². The minimum Gasteiger partial charge on any atom is -0.384 e. The number of methoxy groups -OCH3 is 1. The lowest BCUT2D eigenvalue weighted by atomic mass is 9.80. The van der Waals surface area contributed by atoms with Gasteiger partial charge in [-0.2, -0.15) is 0 Å². The van der Waals surface area contributed by atoms with E-state index in [1.54, 1.807) is 19.5 Å². The van der Waals surface area contributed by atoms with Crippen LogP contribution in [0.3, 0.4) is 0 Å². The number of pyridine rings is 1. The summed E-state index contributed by atoms with van der Waals surface area (Å²) in [4.78, 5) is 16.3. The summed E-state index contributed by atoms with van der Waals surface area (Å²) in [6, 6.07) is 1.83. The van der Waals surface area contributed by atoms with Crippen LogP contribution in [0.2, 0.25) is 0 Å². The molecule has 0 bridgehead atoms. The van der Waals surface area contributed by atoms with Crippen LogP contribution in [-0.2, 0) is 4.74 Å². The third-order valence-electron chi connectivity index (χ3n) is 3.90. The molecule has 1 fully saturated rings. The highest BCUT2D eigenvalue weighted by atomic mass is 16.5. The molecule has 110 valence electrons. The number of carbonyl (C=O) groups is 1. The van der Waals surface area contributed by atoms with E-state index in [2.05, 4.69) is 22.5 Å². The minimum absolute atomic E-state index is 0.0972. The van der Waals surface area contributed by atoms with Gasteiger partial charge in [0.05, 0.1) is 16.9 Å². The van der Waals surface area contributed by atoms with Crippen LogP contribution in [-0.4, -0.2) is 36.7 Å². The zero-order chi connectivity index (χ0) is 14.4. The molecule has 1 aliphatic carbocycles. The molecule has 1 amide bonds. The van der Waals surface area contributed by atoms with Crippen molar-refractivity contribution in [3.05, 3.63) is 24.0 Å². The fraction of sp³-hybridized carbons (Fsp3) is 0.600. The summed E-state index contributed by atoms with van der Waals surface area (Å²) in [6.45, 7) is 3.49. The van der Waals surface area contributed by atoms with E-state index in [-0.39, 0.29) is 11.5 Å². The quantitative estimate of drug-likeness (QED) is 0.802. The number of aromatic nitrogens is 1. The third-order valence-corrected chi connectivity index (χ3v) is 3.90. The number of nitrogens with zero attached hydrogens (tertiary/aromatic N) is 1. The Hall–Kier alpha value is -1.62. The molecule has 1 aromatic rings. The molecule has 1 aromatic heterocycles. The number of rotatable bonds is 7. The summed E-state index contributed by atoms with van der Waals surface area (Å²) < 4.78 is 5.51. The topological polar surface area (TPSA) is 63.2 Å². The molecule has 0 unspecified atom stereocenters. The van der Waals surface area contributed by atoms with Crippen molar-refractivity contribution in [3.63, 3.8) is 0 Å². The Morgan fingerprint density at radius 2 is 2.30 bits per heavy atom. The van der Waals surface area contributed by atoms with Crippen molar-refractivity contribution in [2.24, 2.45) is 0 Å². The Morgan fingerprint density at radius 1 is 1.50 bits per heavy atom. The second-order valence-corrected chi connectivity index (χ2v) is 5.27. The molecular weight excluding hydrogens is 254 g/mol. The average molecular weight is 277 g/mol. The van der Waals surface area contributed by atoms with E-state index in [1.165, 1.54) is 6.42 Å². The SMILES string of the molecule is CCCNc1ccncc1C(=O)NCC1(OC)CCC1. The van der Waals surface area contributed by atoms with Crippen LogP contribution in [0, 0.1) is 0 Å². The monoisotopic (exact) mass is 277 g/mol. The predicted octanol–water partition coefficient (Wildman–Crippen LogP) is 2.20. The van der Waals surface area contributed by atoms with Crippen LogP contribution in [0.25, 0.3) is 0 Å². The Labute approximate surface area is 120 Å². The van der Waals surface area contributed by atoms with Crippen LogP contribution < -0.4 is 10.6 Å². The van der Waals surface area contributed by atoms with Gasteiger partial charge < -0.3 is 15.4 Å². The van der Waals surface area contributed by atoms with Gasteiger partial charge in [-0.1, -0.05) is 6.92 Å². The third kappa shape index (κ3) is 3.28. The molecule has 2 rings (SSSR count). The van der Waals surface area contributed by atoms with Gasteiger partial charge in [0, 0.05) is 32.6 Å². The van der Waals surface area contributed by atoms with Crippen molar-refractivity contribution >= 4 is 11.6 Å². The van der Waals surface area contributed by atoms with Crippen molar-refractivity contribution in [2.75, 3.05) is 25.5 Å². The molecule has 5 heteroatoms. The summed E-state index contributed by atoms with van der Waals surface area (Å²) in [6.07, 6.45) is 7.50. The molecule has 20 heavy (non-hydrogen) atoms. The number of carbonyl (C=O) groups excluding carboxylic acids is 1. The van der Waals surface area contributed by atoms with E-state index < -0.39 is 0 Å². The standard InChI is InChI=1S/C15H23N3O2/c1-3-8-17-13-5-9-16-10-12(13)14(19)18-11-15(20-2)6-4-7-15/h5,9-10H,3-4,6-8,11H2,1-2H3,(H,16,17)(H,18,19). The van der Waals surface area contributed by atoms with Gasteiger partial charge >= 0.3 is 0 Å². The highest BCUT2D eigenvalue weighted by molar-refractivity contribution is 5.99. The van der Waals surface area contributed by atoms with E-state index in [0.717, 1.165) is 31.5 Å². The number of ether oxygens (including phenoxy) is 1. The van der Waals surface area contributed by atoms with Gasteiger partial charge in [-0.25, -0.2) is 0 Å². The Morgan fingerprint density at radius 3 is 2.90 bits per heavy atom. The molecule has 0 radical (unpaired) electrons. The van der Waals surface area contributed by atoms with E-state index in [9.17, 15) is 4.79 Å². The second-order valence-electron chi connectivity index (χ2n) is 5.27. The lowest BCUT2D eigenvalue weighted by Crippen LogP contribution is -2.49. The summed E-state index contributed by atoms with van der Waals surface area (Å²) in [5.74, 6) is -0.0972. The fourth-order valence-electron chi connectivity index (χ4n) is 2.35. The zero-order valence-corrected chi connectivity index (χ0v) is 12.2. The zero-order valence-electron chi connectivity index (χ0n) is 12.2. The van der Waals surface area contributed by atoms with Crippen molar-refractivity contribution in [1.82, 2.24) is 10.3 Å². The van der Waals surface area contributed by atoms with Crippen LogP contribution >= 0.6 is 0 Å². The molecule has 1 heterocycles. The minimum atomic E-state index is -0.158. The van der Waals surface area contributed by atoms with Gasteiger partial charge in [-0.3, -0.25) is 9.78 Å². The maximum Gasteiger partial charge on any atom is 0.255 e. The summed E-state index contributed by atoms with van der Waals surface area (Å²) in [7, 11) is 1.71. The van der Waals surface area contributed by atoms with Crippen LogP contribution in [0.1, 0.15) is 43.0 Å². The summed E-state index contributed by atoms with van der Waals surface area (Å²) in [5, 5.41) is 6.22. The van der Waals surface area contributed by atoms with Crippen LogP contribution in [0.4, 0.5) is 5.69 Å². The molecule has 0 saturated heterocycles. The van der Waals surface area contributed by atoms with Gasteiger partial charge in [0.15, 0.2) is 0 Å². The Balaban J connectivity index is 1.98. The molecule has 0 spiro atoms. The predicted molar refractivity (Wildman–Crippen MR) is 78.9 cm³/mol. The first-order chi connectivity index (χ1) is 9.71. The lowest BCUT2D eigenvalue weighted by Gasteiger charge is -2.40. The smallest absolute Gasteiger partial charge is 0.255 e. The van der Waals surface area contributed by atoms with E-state index in [1.807, 2.05) is 6.07 Å². The lowest BCUT2D eigenvalue weighted by molar-refractivity contribution is -0.0679. The van der Waals surface area contributed by atoms with Gasteiger partial charge in [0.2, 0.25) is 0 Å². The molecule has 0 aliphatic heterocycles. The highest BCUT2D eigenvalue weighted by Gasteiger charge is 2.37. The van der Waals surface area contributed by atoms with Gasteiger partial charge in [-0.15, -0.1) is 0 Å². The highest BCUT2D eigenvalue weighted by Crippen LogP contribution is 2.34. The van der Waals surface area contributed by atoms with Crippen LogP contribution in [0.15, 0.2) is 18.5 Å². The van der Waals surface area contributed by atoms with Crippen molar-refractivity contribution in [2.45, 2.75) is 38.2 Å². The number of amides is 1. The number of anilines is 1. The summed E-state index contributed by atoms with van der Waals surface area (Å²) in [5.41, 5.74) is 1.26. The maximum atomic E-state index is 12.3. The molecule has 0 aromatic carbocycles. The Bertz CT molecular complexity index is 453. The average Bonchev–Trinajstić information content (AvgIpc) is 2.44. The van der Waals surface area contributed by atoms with Crippen LogP contribution in [0.5, 0.6) is 0 Å². The van der Waals surface area contributed by atoms with Gasteiger partial charge in [-0.05, 0) is 31.7 Å². The molecule has 1 aliphatic rings. The van der Waals surface area contributed by atoms with Crippen molar-refractivity contribution in [3.8, 4) is 0 Å². The van der Waals surface area contributed by atoms with Crippen molar-refractivity contribution < 1.29 is 9.53 Å². The van der Waals surface area contributed by atoms with Gasteiger partial charge in [0.1, 0.15) is 0 Å². The first kappa shape index (κ1) is 14.8. The maximum absolute atomic E-state index is 12.3. The first-order valence-electron chi connectivity index (χ1n) is 7.22. The summed E-state index contributed by atoms with van der Waals surface area (Å²) >= 11 is 0. The number of nitrogens with one attached hydrogen (secondary N) is 2. The second kappa shape index (κ2) is 6.70. The number of hydrogen-bond acceptors (Lipinski definition) is 4. The molecule has 5 nitrogen and oxygen atoms in total. The Kier molecular flexibility index (Phi) is 4.95. The normalized spacial score (nSPS) is 16.3. The molecule has 1 saturated carbocycles. The van der Waals surface area contributed by atoms with Gasteiger partial charge in [0.25, 0.3) is 5.91 Å². The first-order valence-corrected chi connectivity index (χ1v) is 7.22. The van der Waals surface area contributed by atoms with Crippen molar-refractivity contribution in [1.29, 1.82) is 0 Å². The molecule has 2 N–H and O–H groups in total. The number of hydrogen-bond donors (Lipinski definition) is 2. The fourth-order valence-corrected chi connectivity index (χ4v) is 2.35. The molecular formula is C15H23N3O2. The largest absolute Gasteiger partial charge is 0.384 e. The van der Waals surface area contributed by atoms with E-state index >= 15 is 0 Å². The van der Waals surface area contributed by atoms with E-state index in [4.69, 9.17) is 4.74 Å².